The van der Waals surface area contributed by atoms with E-state index >= 15 is 0 Å². The molecule has 0 aromatic heterocycles. The van der Waals surface area contributed by atoms with Crippen molar-refractivity contribution in [3.63, 3.8) is 0 Å². The smallest absolute Gasteiger partial charge is 0.0826 e. The van der Waals surface area contributed by atoms with E-state index in [-0.39, 0.29) is 5.66 Å². The molecule has 1 heterocycles. The molecule has 1 aromatic carbocycles. The van der Waals surface area contributed by atoms with Gasteiger partial charge < -0.3 is 5.32 Å². The number of anilines is 1. The second-order valence-electron chi connectivity index (χ2n) is 3.76. The predicted molar refractivity (Wildman–Crippen MR) is 51.0 cm³/mol. The van der Waals surface area contributed by atoms with E-state index in [1.807, 2.05) is 0 Å². The van der Waals surface area contributed by atoms with E-state index < -0.39 is 0 Å². The molecule has 0 amide bonds. The Morgan fingerprint density at radius 3 is 2.83 bits per heavy atom. The number of benzene rings is 1. The van der Waals surface area contributed by atoms with Crippen LogP contribution in [0.5, 0.6) is 0 Å². The van der Waals surface area contributed by atoms with Crippen LogP contribution in [0.1, 0.15) is 19.4 Å². The molecular weight excluding hydrogens is 148 g/mol. The van der Waals surface area contributed by atoms with Crippen LogP contribution in [0.2, 0.25) is 0 Å². The lowest BCUT2D eigenvalue weighted by atomic mass is 10.1. The Hall–Kier alpha value is -1.02. The maximum Gasteiger partial charge on any atom is 0.0826 e. The van der Waals surface area contributed by atoms with Gasteiger partial charge in [-0.2, -0.15) is 0 Å². The first-order valence-electron chi connectivity index (χ1n) is 4.28. The number of para-hydroxylation sites is 1. The van der Waals surface area contributed by atoms with Crippen molar-refractivity contribution in [2.24, 2.45) is 0 Å². The molecule has 2 nitrogen and oxygen atoms in total. The van der Waals surface area contributed by atoms with Gasteiger partial charge in [-0.1, -0.05) is 18.2 Å². The van der Waals surface area contributed by atoms with Crippen molar-refractivity contribution in [1.82, 2.24) is 5.32 Å². The molecule has 1 aliphatic heterocycles. The number of hydrogen-bond donors (Lipinski definition) is 2. The summed E-state index contributed by atoms with van der Waals surface area (Å²) in [5, 5.41) is 6.83. The summed E-state index contributed by atoms with van der Waals surface area (Å²) >= 11 is 0. The molecule has 0 spiro atoms. The zero-order valence-corrected chi connectivity index (χ0v) is 7.52. The van der Waals surface area contributed by atoms with E-state index in [1.54, 1.807) is 0 Å². The Morgan fingerprint density at radius 2 is 2.00 bits per heavy atom. The monoisotopic (exact) mass is 162 g/mol. The Labute approximate surface area is 73.0 Å². The highest BCUT2D eigenvalue weighted by atomic mass is 15.2. The number of hydrogen-bond acceptors (Lipinski definition) is 2. The fourth-order valence-electron chi connectivity index (χ4n) is 1.49. The summed E-state index contributed by atoms with van der Waals surface area (Å²) in [6.45, 7) is 5.24. The average molecular weight is 162 g/mol. The third-order valence-corrected chi connectivity index (χ3v) is 2.19. The predicted octanol–water partition coefficient (Wildman–Crippen LogP) is 1.94. The van der Waals surface area contributed by atoms with Crippen LogP contribution in [0.15, 0.2) is 24.3 Å². The van der Waals surface area contributed by atoms with Crippen LogP contribution in [0, 0.1) is 0 Å². The highest BCUT2D eigenvalue weighted by molar-refractivity contribution is 5.54. The molecule has 0 radical (unpaired) electrons. The average Bonchev–Trinajstić information content (AvgIpc) is 2.02. The number of rotatable bonds is 0. The van der Waals surface area contributed by atoms with Crippen molar-refractivity contribution in [1.29, 1.82) is 0 Å². The SMILES string of the molecule is CC1(C)NCc2ccccc2N1. The van der Waals surface area contributed by atoms with Gasteiger partial charge >= 0.3 is 0 Å². The summed E-state index contributed by atoms with van der Waals surface area (Å²) < 4.78 is 0. The Bertz CT molecular complexity index is 292. The first-order valence-corrected chi connectivity index (χ1v) is 4.28. The van der Waals surface area contributed by atoms with Gasteiger partial charge in [0.25, 0.3) is 0 Å². The summed E-state index contributed by atoms with van der Waals surface area (Å²) in [5.74, 6) is 0. The van der Waals surface area contributed by atoms with Crippen molar-refractivity contribution >= 4 is 5.69 Å². The maximum atomic E-state index is 3.43. The first kappa shape index (κ1) is 7.62. The molecule has 0 bridgehead atoms. The van der Waals surface area contributed by atoms with E-state index in [0.29, 0.717) is 0 Å². The van der Waals surface area contributed by atoms with Gasteiger partial charge in [-0.15, -0.1) is 0 Å². The van der Waals surface area contributed by atoms with Gasteiger partial charge in [0.2, 0.25) is 0 Å². The summed E-state index contributed by atoms with van der Waals surface area (Å²) in [5.41, 5.74) is 2.62. The van der Waals surface area contributed by atoms with Crippen molar-refractivity contribution in [3.05, 3.63) is 29.8 Å². The van der Waals surface area contributed by atoms with Crippen LogP contribution in [-0.4, -0.2) is 5.66 Å². The van der Waals surface area contributed by atoms with Crippen LogP contribution >= 0.6 is 0 Å². The zero-order chi connectivity index (χ0) is 8.60. The van der Waals surface area contributed by atoms with Gasteiger partial charge in [0, 0.05) is 12.2 Å². The van der Waals surface area contributed by atoms with Crippen LogP contribution < -0.4 is 10.6 Å². The van der Waals surface area contributed by atoms with E-state index in [4.69, 9.17) is 0 Å². The summed E-state index contributed by atoms with van der Waals surface area (Å²) in [6, 6.07) is 8.40. The third kappa shape index (κ3) is 1.30. The summed E-state index contributed by atoms with van der Waals surface area (Å²) in [4.78, 5) is 0. The molecule has 2 rings (SSSR count). The van der Waals surface area contributed by atoms with Crippen LogP contribution in [0.3, 0.4) is 0 Å². The van der Waals surface area contributed by atoms with Gasteiger partial charge in [0.05, 0.1) is 5.66 Å². The lowest BCUT2D eigenvalue weighted by Crippen LogP contribution is -2.49. The Balaban J connectivity index is 2.35. The van der Waals surface area contributed by atoms with Gasteiger partial charge in [0.1, 0.15) is 0 Å². The molecule has 0 unspecified atom stereocenters. The number of fused-ring (bicyclic) bond motifs is 1. The van der Waals surface area contributed by atoms with Crippen LogP contribution in [0.4, 0.5) is 5.69 Å². The molecule has 1 aliphatic rings. The highest BCUT2D eigenvalue weighted by Gasteiger charge is 2.22. The molecule has 0 fully saturated rings. The molecule has 0 aliphatic carbocycles. The fraction of sp³-hybridized carbons (Fsp3) is 0.400. The van der Waals surface area contributed by atoms with Crippen molar-refractivity contribution < 1.29 is 0 Å². The normalized spacial score (nSPS) is 19.5. The molecular formula is C10H14N2. The largest absolute Gasteiger partial charge is 0.367 e. The second kappa shape index (κ2) is 2.49. The van der Waals surface area contributed by atoms with E-state index in [9.17, 15) is 0 Å². The van der Waals surface area contributed by atoms with E-state index in [1.165, 1.54) is 11.3 Å². The van der Waals surface area contributed by atoms with E-state index in [2.05, 4.69) is 48.7 Å². The van der Waals surface area contributed by atoms with Gasteiger partial charge in [-0.05, 0) is 25.5 Å². The lowest BCUT2D eigenvalue weighted by Gasteiger charge is -2.34. The third-order valence-electron chi connectivity index (χ3n) is 2.19. The molecule has 0 atom stereocenters. The van der Waals surface area contributed by atoms with Gasteiger partial charge in [-0.3, -0.25) is 5.32 Å². The number of nitrogens with one attached hydrogen (secondary N) is 2. The van der Waals surface area contributed by atoms with E-state index in [0.717, 1.165) is 6.54 Å². The van der Waals surface area contributed by atoms with Crippen molar-refractivity contribution in [2.45, 2.75) is 26.1 Å². The maximum absolute atomic E-state index is 3.43. The molecule has 2 N–H and O–H groups in total. The van der Waals surface area contributed by atoms with Gasteiger partial charge in [0.15, 0.2) is 0 Å². The minimum atomic E-state index is 0.0222. The summed E-state index contributed by atoms with van der Waals surface area (Å²) in [6.07, 6.45) is 0. The van der Waals surface area contributed by atoms with Crippen molar-refractivity contribution in [3.8, 4) is 0 Å². The summed E-state index contributed by atoms with van der Waals surface area (Å²) in [7, 11) is 0. The highest BCUT2D eigenvalue weighted by Crippen LogP contribution is 2.23. The molecule has 12 heavy (non-hydrogen) atoms. The standard InChI is InChI=1S/C10H14N2/c1-10(2)11-7-8-5-3-4-6-9(8)12-10/h3-6,11-12H,7H2,1-2H3. The quantitative estimate of drug-likeness (QED) is 0.609. The lowest BCUT2D eigenvalue weighted by molar-refractivity contribution is 0.423. The van der Waals surface area contributed by atoms with Crippen LogP contribution in [-0.2, 0) is 6.54 Å². The fourth-order valence-corrected chi connectivity index (χ4v) is 1.49. The molecule has 1 aromatic rings. The first-order chi connectivity index (χ1) is 5.67. The van der Waals surface area contributed by atoms with Crippen LogP contribution in [0.25, 0.3) is 0 Å². The zero-order valence-electron chi connectivity index (χ0n) is 7.52. The molecule has 64 valence electrons. The minimum absolute atomic E-state index is 0.0222. The molecule has 2 heteroatoms. The second-order valence-corrected chi connectivity index (χ2v) is 3.76. The Kier molecular flexibility index (Phi) is 1.58. The van der Waals surface area contributed by atoms with Gasteiger partial charge in [-0.25, -0.2) is 0 Å². The topological polar surface area (TPSA) is 24.1 Å². The molecule has 0 saturated carbocycles. The molecule has 0 saturated heterocycles. The minimum Gasteiger partial charge on any atom is -0.367 e. The van der Waals surface area contributed by atoms with Crippen molar-refractivity contribution in [2.75, 3.05) is 5.32 Å². The Morgan fingerprint density at radius 1 is 1.25 bits per heavy atom.